The number of hydrogen-bond donors (Lipinski definition) is 2. The zero-order chi connectivity index (χ0) is 21.0. The highest BCUT2D eigenvalue weighted by atomic mass is 32.2. The quantitative estimate of drug-likeness (QED) is 0.471. The lowest BCUT2D eigenvalue weighted by Crippen LogP contribution is -2.23. The average Bonchev–Trinajstić information content (AvgIpc) is 3.27. The third-order valence-electron chi connectivity index (χ3n) is 4.70. The first-order chi connectivity index (χ1) is 14.5. The molecule has 1 aromatic heterocycles. The standard InChI is InChI=1S/C23H20N2O4S/c26-23(15-18-7-3-6-17-5-1-2-9-22(17)18)25-19-10-12-21(13-11-19)30(27,28)24-16-20-8-4-14-29-20/h1-14,24H,15-16H2,(H,25,26). The average molecular weight is 420 g/mol. The highest BCUT2D eigenvalue weighted by molar-refractivity contribution is 7.89. The van der Waals surface area contributed by atoms with E-state index >= 15 is 0 Å². The molecule has 30 heavy (non-hydrogen) atoms. The van der Waals surface area contributed by atoms with E-state index < -0.39 is 10.0 Å². The van der Waals surface area contributed by atoms with Gasteiger partial charge in [0.15, 0.2) is 0 Å². The second-order valence-electron chi connectivity index (χ2n) is 6.79. The fourth-order valence-electron chi connectivity index (χ4n) is 3.20. The Labute approximate surface area is 174 Å². The van der Waals surface area contributed by atoms with Gasteiger partial charge < -0.3 is 9.73 Å². The van der Waals surface area contributed by atoms with E-state index in [4.69, 9.17) is 4.42 Å². The highest BCUT2D eigenvalue weighted by Crippen LogP contribution is 2.20. The van der Waals surface area contributed by atoms with E-state index in [-0.39, 0.29) is 23.8 Å². The summed E-state index contributed by atoms with van der Waals surface area (Å²) in [4.78, 5) is 12.6. The summed E-state index contributed by atoms with van der Waals surface area (Å²) in [5, 5.41) is 4.94. The first-order valence-electron chi connectivity index (χ1n) is 9.40. The SMILES string of the molecule is O=C(Cc1cccc2ccccc12)Nc1ccc(S(=O)(=O)NCc2ccco2)cc1. The Morgan fingerprint density at radius 2 is 1.63 bits per heavy atom. The van der Waals surface area contributed by atoms with Crippen LogP contribution in [0.4, 0.5) is 5.69 Å². The van der Waals surface area contributed by atoms with Crippen LogP contribution >= 0.6 is 0 Å². The minimum atomic E-state index is -3.68. The molecule has 0 fully saturated rings. The Kier molecular flexibility index (Phi) is 5.65. The van der Waals surface area contributed by atoms with Gasteiger partial charge in [-0.1, -0.05) is 42.5 Å². The summed E-state index contributed by atoms with van der Waals surface area (Å²) in [7, 11) is -3.68. The van der Waals surface area contributed by atoms with Crippen LogP contribution in [0.3, 0.4) is 0 Å². The van der Waals surface area contributed by atoms with E-state index in [0.717, 1.165) is 16.3 Å². The molecule has 0 aliphatic rings. The molecular weight excluding hydrogens is 400 g/mol. The molecule has 0 unspecified atom stereocenters. The van der Waals surface area contributed by atoms with Crippen molar-refractivity contribution >= 4 is 32.4 Å². The van der Waals surface area contributed by atoms with Crippen molar-refractivity contribution in [3.05, 3.63) is 96.4 Å². The van der Waals surface area contributed by atoms with Gasteiger partial charge in [-0.3, -0.25) is 4.79 Å². The zero-order valence-corrected chi connectivity index (χ0v) is 16.9. The Morgan fingerprint density at radius 1 is 0.867 bits per heavy atom. The van der Waals surface area contributed by atoms with Crippen LogP contribution < -0.4 is 10.0 Å². The largest absolute Gasteiger partial charge is 0.468 e. The Hall–Kier alpha value is -3.42. The van der Waals surface area contributed by atoms with Gasteiger partial charge in [-0.15, -0.1) is 0 Å². The van der Waals surface area contributed by atoms with Crippen LogP contribution in [0.25, 0.3) is 10.8 Å². The van der Waals surface area contributed by atoms with Crippen molar-refractivity contribution < 1.29 is 17.6 Å². The number of furan rings is 1. The van der Waals surface area contributed by atoms with Crippen molar-refractivity contribution in [2.75, 3.05) is 5.32 Å². The molecule has 2 N–H and O–H groups in total. The maximum absolute atomic E-state index is 12.5. The zero-order valence-electron chi connectivity index (χ0n) is 16.0. The number of fused-ring (bicyclic) bond motifs is 1. The number of carbonyl (C=O) groups is 1. The Balaban J connectivity index is 1.41. The minimum absolute atomic E-state index is 0.0683. The van der Waals surface area contributed by atoms with E-state index in [1.165, 1.54) is 18.4 Å². The van der Waals surface area contributed by atoms with Gasteiger partial charge in [0.1, 0.15) is 5.76 Å². The molecule has 6 nitrogen and oxygen atoms in total. The molecule has 0 spiro atoms. The lowest BCUT2D eigenvalue weighted by atomic mass is 10.0. The number of carbonyl (C=O) groups excluding carboxylic acids is 1. The van der Waals surface area contributed by atoms with Crippen molar-refractivity contribution in [1.82, 2.24) is 4.72 Å². The number of nitrogens with one attached hydrogen (secondary N) is 2. The van der Waals surface area contributed by atoms with Crippen molar-refractivity contribution in [2.45, 2.75) is 17.9 Å². The van der Waals surface area contributed by atoms with E-state index in [9.17, 15) is 13.2 Å². The van der Waals surface area contributed by atoms with Gasteiger partial charge in [-0.05, 0) is 52.7 Å². The van der Waals surface area contributed by atoms with Gasteiger partial charge in [0.05, 0.1) is 24.1 Å². The molecule has 0 aliphatic heterocycles. The van der Waals surface area contributed by atoms with Gasteiger partial charge in [0.2, 0.25) is 15.9 Å². The molecule has 4 rings (SSSR count). The molecule has 0 atom stereocenters. The van der Waals surface area contributed by atoms with Crippen LogP contribution in [0.1, 0.15) is 11.3 Å². The molecule has 0 radical (unpaired) electrons. The fraction of sp³-hybridized carbons (Fsp3) is 0.0870. The second kappa shape index (κ2) is 8.52. The second-order valence-corrected chi connectivity index (χ2v) is 8.56. The van der Waals surface area contributed by atoms with Gasteiger partial charge in [0.25, 0.3) is 0 Å². The summed E-state index contributed by atoms with van der Waals surface area (Å²) in [5.41, 5.74) is 1.47. The van der Waals surface area contributed by atoms with Crippen molar-refractivity contribution in [3.8, 4) is 0 Å². The number of sulfonamides is 1. The van der Waals surface area contributed by atoms with E-state index in [2.05, 4.69) is 10.0 Å². The molecule has 0 saturated carbocycles. The first-order valence-corrected chi connectivity index (χ1v) is 10.9. The molecule has 0 aliphatic carbocycles. The van der Waals surface area contributed by atoms with Crippen LogP contribution in [0, 0.1) is 0 Å². The Bertz CT molecular complexity index is 1260. The van der Waals surface area contributed by atoms with E-state index in [1.54, 1.807) is 24.3 Å². The van der Waals surface area contributed by atoms with Crippen molar-refractivity contribution in [1.29, 1.82) is 0 Å². The number of hydrogen-bond acceptors (Lipinski definition) is 4. The van der Waals surface area contributed by atoms with Crippen LogP contribution in [0.15, 0.2) is 94.4 Å². The molecule has 1 amide bonds. The van der Waals surface area contributed by atoms with Crippen LogP contribution in [-0.2, 0) is 27.8 Å². The number of benzene rings is 3. The number of rotatable bonds is 7. The molecule has 4 aromatic rings. The summed E-state index contributed by atoms with van der Waals surface area (Å²) >= 11 is 0. The molecule has 0 saturated heterocycles. The summed E-state index contributed by atoms with van der Waals surface area (Å²) in [5.74, 6) is 0.355. The molecule has 3 aromatic carbocycles. The van der Waals surface area contributed by atoms with Gasteiger partial charge in [-0.25, -0.2) is 13.1 Å². The van der Waals surface area contributed by atoms with Crippen LogP contribution in [0.2, 0.25) is 0 Å². The predicted octanol–water partition coefficient (Wildman–Crippen LogP) is 4.09. The maximum atomic E-state index is 12.5. The van der Waals surface area contributed by atoms with Crippen LogP contribution in [-0.4, -0.2) is 14.3 Å². The third kappa shape index (κ3) is 4.59. The third-order valence-corrected chi connectivity index (χ3v) is 6.11. The lowest BCUT2D eigenvalue weighted by Gasteiger charge is -2.09. The topological polar surface area (TPSA) is 88.4 Å². The molecule has 7 heteroatoms. The highest BCUT2D eigenvalue weighted by Gasteiger charge is 2.15. The van der Waals surface area contributed by atoms with Crippen LogP contribution in [0.5, 0.6) is 0 Å². The smallest absolute Gasteiger partial charge is 0.240 e. The number of amides is 1. The monoisotopic (exact) mass is 420 g/mol. The molecular formula is C23H20N2O4S. The summed E-state index contributed by atoms with van der Waals surface area (Å²) in [6, 6.07) is 23.2. The summed E-state index contributed by atoms with van der Waals surface area (Å²) in [6.07, 6.45) is 1.71. The Morgan fingerprint density at radius 3 is 2.40 bits per heavy atom. The molecule has 152 valence electrons. The first kappa shape index (κ1) is 19.9. The van der Waals surface area contributed by atoms with Gasteiger partial charge in [0, 0.05) is 5.69 Å². The molecule has 0 bridgehead atoms. The summed E-state index contributed by atoms with van der Waals surface area (Å²) in [6.45, 7) is 0.0683. The van der Waals surface area contributed by atoms with Crippen molar-refractivity contribution in [3.63, 3.8) is 0 Å². The normalized spacial score (nSPS) is 11.5. The lowest BCUT2D eigenvalue weighted by molar-refractivity contribution is -0.115. The van der Waals surface area contributed by atoms with E-state index in [0.29, 0.717) is 11.4 Å². The minimum Gasteiger partial charge on any atom is -0.468 e. The summed E-state index contributed by atoms with van der Waals surface area (Å²) < 4.78 is 32.4. The van der Waals surface area contributed by atoms with E-state index in [1.807, 2.05) is 42.5 Å². The maximum Gasteiger partial charge on any atom is 0.240 e. The predicted molar refractivity (Wildman–Crippen MR) is 115 cm³/mol. The van der Waals surface area contributed by atoms with Gasteiger partial charge in [-0.2, -0.15) is 0 Å². The number of anilines is 1. The van der Waals surface area contributed by atoms with Crippen molar-refractivity contribution in [2.24, 2.45) is 0 Å². The fourth-order valence-corrected chi connectivity index (χ4v) is 4.20. The molecule has 1 heterocycles. The van der Waals surface area contributed by atoms with Gasteiger partial charge >= 0.3 is 0 Å².